The normalized spacial score (nSPS) is 13.6. The quantitative estimate of drug-likeness (QED) is 0.121. The number of allylic oxidation sites excluding steroid dienone is 1. The average molecular weight is 1140 g/mol. The van der Waals surface area contributed by atoms with Crippen molar-refractivity contribution in [3.8, 4) is 17.3 Å². The van der Waals surface area contributed by atoms with Gasteiger partial charge in [-0.2, -0.15) is 6.07 Å². The first-order valence-corrected chi connectivity index (χ1v) is 25.4. The molecule has 7 aromatic carbocycles. The Morgan fingerprint density at radius 2 is 1.01 bits per heavy atom. The number of anilines is 2. The second kappa shape index (κ2) is 19.3. The second-order valence-corrected chi connectivity index (χ2v) is 23.2. The number of rotatable bonds is 11. The van der Waals surface area contributed by atoms with Crippen LogP contribution in [0.2, 0.25) is 0 Å². The first-order valence-electron chi connectivity index (χ1n) is 25.4. The smallest absolute Gasteiger partial charge is 0.135 e. The van der Waals surface area contributed by atoms with Gasteiger partial charge in [0.25, 0.3) is 0 Å². The van der Waals surface area contributed by atoms with Crippen LogP contribution in [0.4, 0.5) is 11.4 Å². The van der Waals surface area contributed by atoms with Crippen LogP contribution in [0.5, 0.6) is 11.5 Å². The molecule has 1 aliphatic heterocycles. The van der Waals surface area contributed by atoms with E-state index in [2.05, 4.69) is 286 Å². The van der Waals surface area contributed by atoms with Gasteiger partial charge in [-0.05, 0) is 80.7 Å². The van der Waals surface area contributed by atoms with E-state index in [1.165, 1.54) is 33.4 Å². The van der Waals surface area contributed by atoms with E-state index in [1.807, 2.05) is 12.3 Å². The number of hydrogen-bond donors (Lipinski definition) is 0. The molecule has 73 heavy (non-hydrogen) atoms. The fraction of sp³-hybridized carbons (Fsp3) is 0.254. The van der Waals surface area contributed by atoms with Crippen LogP contribution in [0, 0.1) is 24.2 Å². The summed E-state index contributed by atoms with van der Waals surface area (Å²) in [6.45, 7) is 29.7. The van der Waals surface area contributed by atoms with Gasteiger partial charge in [0.1, 0.15) is 5.82 Å². The number of benzene rings is 7. The van der Waals surface area contributed by atoms with Gasteiger partial charge in [0.2, 0.25) is 0 Å². The summed E-state index contributed by atoms with van der Waals surface area (Å²) in [5, 5.41) is 2.22. The molecule has 10 rings (SSSR count). The van der Waals surface area contributed by atoms with Crippen molar-refractivity contribution in [3.05, 3.63) is 246 Å². The van der Waals surface area contributed by atoms with E-state index < -0.39 is 0 Å². The monoisotopic (exact) mass is 1140 g/mol. The van der Waals surface area contributed by atoms with E-state index in [9.17, 15) is 0 Å². The third kappa shape index (κ3) is 9.82. The molecule has 0 N–H and O–H groups in total. The molecule has 1 aliphatic rings. The van der Waals surface area contributed by atoms with Crippen molar-refractivity contribution in [2.24, 2.45) is 5.41 Å². The van der Waals surface area contributed by atoms with Gasteiger partial charge < -0.3 is 19.1 Å². The maximum absolute atomic E-state index is 6.95. The standard InChI is InChI=1S/C67H67N4O.Pt/c1-63(2,3)50-37-54(70-45-69(44-61(70)64(4,5)6)53-38-51(66(9,10)47-26-18-14-19-27-47)36-52(39-53)67(11,12)48-28-20-15-21-29-48)42-56(40-50)72-55-32-33-58-57-30-22-23-31-59(57)71(60(58)43-55)62-41-49(34-35-68-62)65(7,8)46-24-16-13-17-25-46;/h13-41,44-45H,1-12H3;/q-3;. The van der Waals surface area contributed by atoms with E-state index >= 15 is 0 Å². The maximum atomic E-state index is 6.95. The Hall–Kier alpha value is -6.68. The molecule has 0 unspecified atom stereocenters. The minimum absolute atomic E-state index is 0. The number of aromatic nitrogens is 2. The van der Waals surface area contributed by atoms with Crippen LogP contribution in [0.25, 0.3) is 27.6 Å². The molecule has 6 heteroatoms. The van der Waals surface area contributed by atoms with Gasteiger partial charge in [0, 0.05) is 77.3 Å². The minimum Gasteiger partial charge on any atom is -0.509 e. The molecule has 0 bridgehead atoms. The third-order valence-corrected chi connectivity index (χ3v) is 15.1. The van der Waals surface area contributed by atoms with Crippen LogP contribution in [0.1, 0.15) is 122 Å². The molecule has 0 spiro atoms. The molecule has 0 atom stereocenters. The summed E-state index contributed by atoms with van der Waals surface area (Å²) in [7, 11) is 0. The van der Waals surface area contributed by atoms with Crippen molar-refractivity contribution >= 4 is 33.2 Å². The van der Waals surface area contributed by atoms with Crippen molar-refractivity contribution in [1.29, 1.82) is 0 Å². The SMILES string of the molecule is CC(C)(C)C1=CN(c2cc(C(C)(C)c3ccccc3)cc(C(C)(C)c3ccccc3)c2)[CH-]N1c1[c-]c(Oc2[c-]c3c(cc2)c2ccccc2n3-c2cc(C(C)(C)c3ccccc3)ccn2)cc(C(C)(C)C)c1.[Pt]. The van der Waals surface area contributed by atoms with E-state index in [-0.39, 0.29) is 48.1 Å². The molecule has 0 fully saturated rings. The Kier molecular flexibility index (Phi) is 13.5. The zero-order valence-electron chi connectivity index (χ0n) is 44.4. The van der Waals surface area contributed by atoms with Crippen LogP contribution in [-0.4, -0.2) is 9.55 Å². The third-order valence-electron chi connectivity index (χ3n) is 15.1. The second-order valence-electron chi connectivity index (χ2n) is 23.2. The molecule has 374 valence electrons. The number of hydrogen-bond acceptors (Lipinski definition) is 4. The molecule has 9 aromatic rings. The van der Waals surface area contributed by atoms with Crippen molar-refractivity contribution < 1.29 is 25.8 Å². The molecule has 0 amide bonds. The van der Waals surface area contributed by atoms with Gasteiger partial charge in [-0.1, -0.05) is 204 Å². The summed E-state index contributed by atoms with van der Waals surface area (Å²) in [5.74, 6) is 2.06. The molecule has 2 aromatic heterocycles. The van der Waals surface area contributed by atoms with Crippen LogP contribution < -0.4 is 14.5 Å². The van der Waals surface area contributed by atoms with Gasteiger partial charge in [-0.15, -0.1) is 53.6 Å². The fourth-order valence-electron chi connectivity index (χ4n) is 10.2. The number of ether oxygens (including phenoxy) is 1. The molecule has 0 radical (unpaired) electrons. The van der Waals surface area contributed by atoms with Crippen LogP contribution in [0.15, 0.2) is 188 Å². The van der Waals surface area contributed by atoms with Crippen molar-refractivity contribution in [3.63, 3.8) is 0 Å². The van der Waals surface area contributed by atoms with E-state index in [1.54, 1.807) is 0 Å². The minimum atomic E-state index is -0.260. The molecular formula is C67H67N4OPt-3. The first-order chi connectivity index (χ1) is 34.2. The van der Waals surface area contributed by atoms with Crippen LogP contribution in [-0.2, 0) is 42.7 Å². The average Bonchev–Trinajstić information content (AvgIpc) is 3.98. The number of fused-ring (bicyclic) bond motifs is 3. The Morgan fingerprint density at radius 1 is 0.466 bits per heavy atom. The zero-order chi connectivity index (χ0) is 50.8. The largest absolute Gasteiger partial charge is 0.509 e. The Labute approximate surface area is 448 Å². The van der Waals surface area contributed by atoms with Crippen molar-refractivity contribution in [1.82, 2.24) is 9.55 Å². The van der Waals surface area contributed by atoms with Crippen LogP contribution >= 0.6 is 0 Å². The van der Waals surface area contributed by atoms with Crippen LogP contribution in [0.3, 0.4) is 0 Å². The fourth-order valence-corrected chi connectivity index (χ4v) is 10.2. The van der Waals surface area contributed by atoms with Gasteiger partial charge in [0.05, 0.1) is 0 Å². The number of para-hydroxylation sites is 1. The topological polar surface area (TPSA) is 33.5 Å². The molecule has 5 nitrogen and oxygen atoms in total. The molecule has 0 saturated heterocycles. The van der Waals surface area contributed by atoms with E-state index in [0.717, 1.165) is 50.3 Å². The predicted molar refractivity (Wildman–Crippen MR) is 300 cm³/mol. The Balaban J connectivity index is 0.00000656. The summed E-state index contributed by atoms with van der Waals surface area (Å²) in [6.07, 6.45) is 4.23. The Bertz CT molecular complexity index is 3400. The van der Waals surface area contributed by atoms with E-state index in [4.69, 9.17) is 9.72 Å². The first kappa shape index (κ1) is 51.2. The van der Waals surface area contributed by atoms with Crippen molar-refractivity contribution in [2.75, 3.05) is 9.80 Å². The van der Waals surface area contributed by atoms with Gasteiger partial charge in [-0.3, -0.25) is 0 Å². The summed E-state index contributed by atoms with van der Waals surface area (Å²) in [6, 6.07) is 68.5. The Morgan fingerprint density at radius 3 is 1.58 bits per heavy atom. The molecule has 0 saturated carbocycles. The summed E-state index contributed by atoms with van der Waals surface area (Å²) >= 11 is 0. The molecular weight excluding hydrogens is 1070 g/mol. The molecule has 0 aliphatic carbocycles. The van der Waals surface area contributed by atoms with Crippen molar-refractivity contribution in [2.45, 2.75) is 105 Å². The van der Waals surface area contributed by atoms with Gasteiger partial charge in [0.15, 0.2) is 0 Å². The number of nitrogens with zero attached hydrogens (tertiary/aromatic N) is 4. The summed E-state index contributed by atoms with van der Waals surface area (Å²) in [4.78, 5) is 9.60. The summed E-state index contributed by atoms with van der Waals surface area (Å²) < 4.78 is 9.17. The predicted octanol–water partition coefficient (Wildman–Crippen LogP) is 17.2. The van der Waals surface area contributed by atoms with E-state index in [0.29, 0.717) is 11.5 Å². The maximum Gasteiger partial charge on any atom is 0.135 e. The van der Waals surface area contributed by atoms with Gasteiger partial charge >= 0.3 is 0 Å². The van der Waals surface area contributed by atoms with Gasteiger partial charge in [-0.25, -0.2) is 4.98 Å². The molecule has 3 heterocycles. The summed E-state index contributed by atoms with van der Waals surface area (Å²) in [5.41, 5.74) is 12.6. The zero-order valence-corrected chi connectivity index (χ0v) is 46.7. The number of pyridine rings is 1.